The average molecular weight is 312 g/mol. The van der Waals surface area contributed by atoms with E-state index in [0.29, 0.717) is 16.0 Å². The monoisotopic (exact) mass is 311 g/mol. The number of hydrogen-bond donors (Lipinski definition) is 1. The van der Waals surface area contributed by atoms with Crippen LogP contribution in [0.4, 0.5) is 0 Å². The van der Waals surface area contributed by atoms with E-state index in [1.54, 1.807) is 12.1 Å². The van der Waals surface area contributed by atoms with E-state index in [9.17, 15) is 0 Å². The van der Waals surface area contributed by atoms with Crippen LogP contribution < -0.4 is 5.32 Å². The Morgan fingerprint density at radius 1 is 1.15 bits per heavy atom. The Balaban J connectivity index is 2.00. The molecule has 2 rings (SSSR count). The van der Waals surface area contributed by atoms with E-state index in [1.807, 2.05) is 18.2 Å². The molecular weight excluding hydrogens is 293 g/mol. The van der Waals surface area contributed by atoms with Crippen LogP contribution in [0.5, 0.6) is 0 Å². The van der Waals surface area contributed by atoms with Gasteiger partial charge in [0.25, 0.3) is 0 Å². The number of hydrogen-bond acceptors (Lipinski definition) is 2. The van der Waals surface area contributed by atoms with Crippen molar-refractivity contribution in [2.75, 3.05) is 6.54 Å². The molecule has 0 spiro atoms. The third-order valence-corrected chi connectivity index (χ3v) is 3.62. The molecule has 0 aliphatic rings. The van der Waals surface area contributed by atoms with Gasteiger partial charge in [0.15, 0.2) is 0 Å². The van der Waals surface area contributed by atoms with Gasteiger partial charge in [0, 0.05) is 10.6 Å². The van der Waals surface area contributed by atoms with Crippen molar-refractivity contribution < 1.29 is 4.42 Å². The maximum atomic E-state index is 6.17. The van der Waals surface area contributed by atoms with Gasteiger partial charge >= 0.3 is 0 Å². The topological polar surface area (TPSA) is 25.2 Å². The lowest BCUT2D eigenvalue weighted by atomic mass is 10.1. The lowest BCUT2D eigenvalue weighted by Gasteiger charge is -2.05. The van der Waals surface area contributed by atoms with Gasteiger partial charge in [-0.1, -0.05) is 37.0 Å². The van der Waals surface area contributed by atoms with Crippen molar-refractivity contribution in [1.82, 2.24) is 5.32 Å². The fourth-order valence-corrected chi connectivity index (χ4v) is 2.29. The van der Waals surface area contributed by atoms with E-state index in [0.717, 1.165) is 36.6 Å². The van der Waals surface area contributed by atoms with Gasteiger partial charge in [-0.2, -0.15) is 0 Å². The van der Waals surface area contributed by atoms with E-state index >= 15 is 0 Å². The van der Waals surface area contributed by atoms with E-state index in [2.05, 4.69) is 19.2 Å². The summed E-state index contributed by atoms with van der Waals surface area (Å²) in [6, 6.07) is 9.26. The van der Waals surface area contributed by atoms with Crippen molar-refractivity contribution in [3.8, 4) is 11.3 Å². The van der Waals surface area contributed by atoms with E-state index in [1.165, 1.54) is 0 Å². The fraction of sp³-hybridized carbons (Fsp3) is 0.375. The van der Waals surface area contributed by atoms with Gasteiger partial charge < -0.3 is 9.73 Å². The zero-order valence-corrected chi connectivity index (χ0v) is 13.3. The van der Waals surface area contributed by atoms with Crippen LogP contribution in [0.2, 0.25) is 10.0 Å². The van der Waals surface area contributed by atoms with Crippen LogP contribution >= 0.6 is 23.2 Å². The summed E-state index contributed by atoms with van der Waals surface area (Å²) in [6.07, 6.45) is 1.16. The van der Waals surface area contributed by atoms with Crippen molar-refractivity contribution >= 4 is 23.2 Å². The fourth-order valence-electron chi connectivity index (χ4n) is 1.91. The standard InChI is InChI=1S/C16H19Cl2NO/c1-11(2)7-8-19-10-13-4-6-16(20-13)14-9-12(17)3-5-15(14)18/h3-6,9,11,19H,7-8,10H2,1-2H3. The molecule has 0 radical (unpaired) electrons. The normalized spacial score (nSPS) is 11.2. The van der Waals surface area contributed by atoms with Crippen molar-refractivity contribution in [3.05, 3.63) is 46.1 Å². The molecule has 1 N–H and O–H groups in total. The number of halogens is 2. The Hall–Kier alpha value is -0.960. The molecule has 2 nitrogen and oxygen atoms in total. The van der Waals surface area contributed by atoms with Gasteiger partial charge in [-0.05, 0) is 49.2 Å². The van der Waals surface area contributed by atoms with Crippen molar-refractivity contribution in [1.29, 1.82) is 0 Å². The summed E-state index contributed by atoms with van der Waals surface area (Å²) in [6.45, 7) is 6.15. The minimum Gasteiger partial charge on any atom is -0.460 e. The van der Waals surface area contributed by atoms with E-state index in [-0.39, 0.29) is 0 Å². The highest BCUT2D eigenvalue weighted by Crippen LogP contribution is 2.31. The Bertz CT molecular complexity index is 563. The molecule has 0 saturated carbocycles. The molecule has 108 valence electrons. The van der Waals surface area contributed by atoms with E-state index in [4.69, 9.17) is 27.6 Å². The highest BCUT2D eigenvalue weighted by Gasteiger charge is 2.09. The maximum Gasteiger partial charge on any atom is 0.135 e. The summed E-state index contributed by atoms with van der Waals surface area (Å²) in [5, 5.41) is 4.66. The molecule has 2 aromatic rings. The van der Waals surface area contributed by atoms with Gasteiger partial charge in [0.05, 0.1) is 11.6 Å². The molecule has 1 heterocycles. The summed E-state index contributed by atoms with van der Waals surface area (Å²) in [5.41, 5.74) is 0.826. The summed E-state index contributed by atoms with van der Waals surface area (Å²) in [5.74, 6) is 2.36. The molecule has 0 aliphatic carbocycles. The van der Waals surface area contributed by atoms with Crippen molar-refractivity contribution in [2.45, 2.75) is 26.8 Å². The van der Waals surface area contributed by atoms with Crippen LogP contribution in [0.1, 0.15) is 26.0 Å². The lowest BCUT2D eigenvalue weighted by Crippen LogP contribution is -2.15. The van der Waals surface area contributed by atoms with Gasteiger partial charge in [-0.25, -0.2) is 0 Å². The first-order valence-corrected chi connectivity index (χ1v) is 7.56. The van der Waals surface area contributed by atoms with Crippen LogP contribution in [0.25, 0.3) is 11.3 Å². The number of rotatable bonds is 6. The first-order valence-electron chi connectivity index (χ1n) is 6.81. The Morgan fingerprint density at radius 2 is 1.95 bits per heavy atom. The molecule has 0 saturated heterocycles. The number of nitrogens with one attached hydrogen (secondary N) is 1. The van der Waals surface area contributed by atoms with E-state index < -0.39 is 0 Å². The Labute approximate surface area is 130 Å². The minimum absolute atomic E-state index is 0.642. The van der Waals surface area contributed by atoms with Crippen LogP contribution in [0.15, 0.2) is 34.7 Å². The van der Waals surface area contributed by atoms with Gasteiger partial charge in [0.2, 0.25) is 0 Å². The van der Waals surface area contributed by atoms with Crippen molar-refractivity contribution in [3.63, 3.8) is 0 Å². The first-order chi connectivity index (χ1) is 9.56. The smallest absolute Gasteiger partial charge is 0.135 e. The predicted octanol–water partition coefficient (Wildman–Crippen LogP) is 5.39. The van der Waals surface area contributed by atoms with Crippen LogP contribution in [-0.2, 0) is 6.54 Å². The third-order valence-electron chi connectivity index (χ3n) is 3.05. The van der Waals surface area contributed by atoms with Crippen LogP contribution in [-0.4, -0.2) is 6.54 Å². The summed E-state index contributed by atoms with van der Waals surface area (Å²) in [4.78, 5) is 0. The molecule has 20 heavy (non-hydrogen) atoms. The molecule has 0 fully saturated rings. The average Bonchev–Trinajstić information content (AvgIpc) is 2.86. The van der Waals surface area contributed by atoms with Crippen LogP contribution in [0.3, 0.4) is 0 Å². The second kappa shape index (κ2) is 7.16. The quantitative estimate of drug-likeness (QED) is 0.724. The molecule has 0 atom stereocenters. The lowest BCUT2D eigenvalue weighted by molar-refractivity contribution is 0.474. The molecule has 4 heteroatoms. The molecule has 1 aromatic heterocycles. The second-order valence-electron chi connectivity index (χ2n) is 5.25. The van der Waals surface area contributed by atoms with Crippen molar-refractivity contribution in [2.24, 2.45) is 5.92 Å². The summed E-state index contributed by atoms with van der Waals surface area (Å²) >= 11 is 12.2. The molecule has 0 aliphatic heterocycles. The Kier molecular flexibility index (Phi) is 5.53. The highest BCUT2D eigenvalue weighted by atomic mass is 35.5. The summed E-state index contributed by atoms with van der Waals surface area (Å²) in [7, 11) is 0. The van der Waals surface area contributed by atoms with Gasteiger partial charge in [-0.3, -0.25) is 0 Å². The molecule has 0 unspecified atom stereocenters. The largest absolute Gasteiger partial charge is 0.460 e. The molecule has 0 amide bonds. The third kappa shape index (κ3) is 4.27. The second-order valence-corrected chi connectivity index (χ2v) is 6.09. The molecule has 1 aromatic carbocycles. The number of benzene rings is 1. The van der Waals surface area contributed by atoms with Gasteiger partial charge in [0.1, 0.15) is 11.5 Å². The zero-order valence-electron chi connectivity index (χ0n) is 11.7. The molecule has 0 bridgehead atoms. The first kappa shape index (κ1) is 15.4. The summed E-state index contributed by atoms with van der Waals surface area (Å²) < 4.78 is 5.81. The van der Waals surface area contributed by atoms with Crippen LogP contribution in [0, 0.1) is 5.92 Å². The zero-order chi connectivity index (χ0) is 14.5. The van der Waals surface area contributed by atoms with Gasteiger partial charge in [-0.15, -0.1) is 0 Å². The Morgan fingerprint density at radius 3 is 2.70 bits per heavy atom. The minimum atomic E-state index is 0.642. The maximum absolute atomic E-state index is 6.17. The molecular formula is C16H19Cl2NO. The highest BCUT2D eigenvalue weighted by molar-refractivity contribution is 6.35. The SMILES string of the molecule is CC(C)CCNCc1ccc(-c2cc(Cl)ccc2Cl)o1. The number of furan rings is 1. The predicted molar refractivity (Wildman–Crippen MR) is 85.3 cm³/mol.